The van der Waals surface area contributed by atoms with E-state index < -0.39 is 26.2 Å². The van der Waals surface area contributed by atoms with E-state index in [0.29, 0.717) is 0 Å². The Morgan fingerprint density at radius 1 is 1.14 bits per heavy atom. The molecule has 1 aromatic rings. The predicted octanol–water partition coefficient (Wildman–Crippen LogP) is 3.88. The molecule has 0 bridgehead atoms. The summed E-state index contributed by atoms with van der Waals surface area (Å²) in [6.45, 7) is 10.7. The van der Waals surface area contributed by atoms with Crippen LogP contribution in [0.25, 0.3) is 0 Å². The van der Waals surface area contributed by atoms with Gasteiger partial charge < -0.3 is 9.16 Å². The zero-order chi connectivity index (χ0) is 17.0. The predicted molar refractivity (Wildman–Crippen MR) is 89.1 cm³/mol. The number of rotatable bonds is 6. The average Bonchev–Trinajstić information content (AvgIpc) is 2.45. The summed E-state index contributed by atoms with van der Waals surface area (Å²) in [5.41, 5.74) is 0.907. The van der Waals surface area contributed by atoms with Gasteiger partial charge in [0.1, 0.15) is 0 Å². The number of ether oxygens (including phenoxy) is 1. The van der Waals surface area contributed by atoms with Crippen molar-refractivity contribution < 1.29 is 18.8 Å². The van der Waals surface area contributed by atoms with Gasteiger partial charge in [-0.3, -0.25) is 4.79 Å². The molecular formula is C17H26O4Si. The minimum absolute atomic E-state index is 0.00317. The summed E-state index contributed by atoms with van der Waals surface area (Å²) in [4.78, 5) is 23.4. The van der Waals surface area contributed by atoms with Crippen LogP contribution in [0, 0.1) is 0 Å². The molecular weight excluding hydrogens is 296 g/mol. The Bertz CT molecular complexity index is 517. The Kier molecular flexibility index (Phi) is 6.08. The van der Waals surface area contributed by atoms with Gasteiger partial charge in [-0.2, -0.15) is 0 Å². The highest BCUT2D eigenvalue weighted by molar-refractivity contribution is 6.74. The monoisotopic (exact) mass is 322 g/mol. The fourth-order valence-corrected chi connectivity index (χ4v) is 3.08. The first-order chi connectivity index (χ1) is 10.1. The third kappa shape index (κ3) is 4.78. The number of benzene rings is 1. The van der Waals surface area contributed by atoms with Crippen LogP contribution >= 0.6 is 0 Å². The SMILES string of the molecule is COC(=O)C(=O)CC(O[Si](C)(C)C(C)(C)C)c1ccccc1. The lowest BCUT2D eigenvalue weighted by Gasteiger charge is -2.39. The summed E-state index contributed by atoms with van der Waals surface area (Å²) in [5, 5.41) is 0.0222. The lowest BCUT2D eigenvalue weighted by atomic mass is 10.0. The van der Waals surface area contributed by atoms with Crippen molar-refractivity contribution in [3.05, 3.63) is 35.9 Å². The number of ketones is 1. The van der Waals surface area contributed by atoms with Crippen molar-refractivity contribution >= 4 is 20.1 Å². The van der Waals surface area contributed by atoms with Gasteiger partial charge in [0.05, 0.1) is 13.2 Å². The fraction of sp³-hybridized carbons (Fsp3) is 0.529. The fourth-order valence-electron chi connectivity index (χ4n) is 1.79. The zero-order valence-electron chi connectivity index (χ0n) is 14.3. The molecule has 1 unspecified atom stereocenters. The first-order valence-corrected chi connectivity index (χ1v) is 10.3. The molecule has 0 aliphatic heterocycles. The first-order valence-electron chi connectivity index (χ1n) is 7.42. The number of hydrogen-bond donors (Lipinski definition) is 0. The normalized spacial score (nSPS) is 13.5. The molecule has 0 radical (unpaired) electrons. The van der Waals surface area contributed by atoms with Crippen LogP contribution in [0.2, 0.25) is 18.1 Å². The second kappa shape index (κ2) is 7.20. The number of carbonyl (C=O) groups excluding carboxylic acids is 2. The second-order valence-electron chi connectivity index (χ2n) is 6.90. The summed E-state index contributed by atoms with van der Waals surface area (Å²) in [6, 6.07) is 9.56. The smallest absolute Gasteiger partial charge is 0.374 e. The van der Waals surface area contributed by atoms with Crippen molar-refractivity contribution in [1.82, 2.24) is 0 Å². The Morgan fingerprint density at radius 3 is 2.14 bits per heavy atom. The molecule has 0 N–H and O–H groups in total. The maximum Gasteiger partial charge on any atom is 0.374 e. The van der Waals surface area contributed by atoms with Gasteiger partial charge in [0.15, 0.2) is 8.32 Å². The molecule has 0 aliphatic rings. The molecule has 0 spiro atoms. The van der Waals surface area contributed by atoms with Gasteiger partial charge in [0.2, 0.25) is 5.78 Å². The quantitative estimate of drug-likeness (QED) is 0.453. The van der Waals surface area contributed by atoms with Crippen LogP contribution in [0.4, 0.5) is 0 Å². The van der Waals surface area contributed by atoms with E-state index in [0.717, 1.165) is 5.56 Å². The van der Waals surface area contributed by atoms with Crippen LogP contribution in [0.15, 0.2) is 30.3 Å². The molecule has 0 saturated carbocycles. The van der Waals surface area contributed by atoms with Gasteiger partial charge in [-0.1, -0.05) is 51.1 Å². The van der Waals surface area contributed by atoms with Crippen molar-refractivity contribution in [1.29, 1.82) is 0 Å². The molecule has 1 rings (SSSR count). The minimum Gasteiger partial charge on any atom is -0.463 e. The summed E-state index contributed by atoms with van der Waals surface area (Å²) in [5.74, 6) is -1.38. The van der Waals surface area contributed by atoms with E-state index in [1.165, 1.54) is 7.11 Å². The number of carbonyl (C=O) groups is 2. The van der Waals surface area contributed by atoms with E-state index in [-0.39, 0.29) is 11.5 Å². The van der Waals surface area contributed by atoms with Gasteiger partial charge in [0.25, 0.3) is 0 Å². The number of methoxy groups -OCH3 is 1. The van der Waals surface area contributed by atoms with Crippen LogP contribution in [-0.4, -0.2) is 27.2 Å². The summed E-state index contributed by atoms with van der Waals surface area (Å²) in [6.07, 6.45) is -0.419. The molecule has 4 nitrogen and oxygen atoms in total. The third-order valence-corrected chi connectivity index (χ3v) is 8.68. The molecule has 0 heterocycles. The van der Waals surface area contributed by atoms with Crippen molar-refractivity contribution in [2.75, 3.05) is 7.11 Å². The third-order valence-electron chi connectivity index (χ3n) is 4.20. The van der Waals surface area contributed by atoms with Gasteiger partial charge in [-0.25, -0.2) is 4.79 Å². The second-order valence-corrected chi connectivity index (χ2v) is 11.7. The molecule has 0 saturated heterocycles. The van der Waals surface area contributed by atoms with Crippen LogP contribution in [-0.2, 0) is 18.8 Å². The summed E-state index contributed by atoms with van der Waals surface area (Å²) < 4.78 is 10.9. The Morgan fingerprint density at radius 2 is 1.68 bits per heavy atom. The van der Waals surface area contributed by atoms with Gasteiger partial charge in [-0.15, -0.1) is 0 Å². The van der Waals surface area contributed by atoms with Gasteiger partial charge in [0, 0.05) is 6.42 Å². The molecule has 1 aromatic carbocycles. The van der Waals surface area contributed by atoms with E-state index >= 15 is 0 Å². The molecule has 0 amide bonds. The highest BCUT2D eigenvalue weighted by Gasteiger charge is 2.40. The van der Waals surface area contributed by atoms with Crippen LogP contribution in [0.1, 0.15) is 38.9 Å². The molecule has 22 heavy (non-hydrogen) atoms. The molecule has 122 valence electrons. The molecule has 1 atom stereocenters. The lowest BCUT2D eigenvalue weighted by Crippen LogP contribution is -2.42. The minimum atomic E-state index is -2.07. The molecule has 0 aliphatic carbocycles. The van der Waals surface area contributed by atoms with Crippen molar-refractivity contribution in [3.63, 3.8) is 0 Å². The number of hydrogen-bond acceptors (Lipinski definition) is 4. The standard InChI is InChI=1S/C17H26O4Si/c1-17(2,3)22(5,6)21-15(12-14(18)16(19)20-4)13-10-8-7-9-11-13/h7-11,15H,12H2,1-6H3. The number of Topliss-reactive ketones (excluding diaryl/α,β-unsaturated/α-hetero) is 1. The maximum atomic E-state index is 12.0. The van der Waals surface area contributed by atoms with Crippen molar-refractivity contribution in [2.45, 2.75) is 51.4 Å². The highest BCUT2D eigenvalue weighted by atomic mass is 28.4. The van der Waals surface area contributed by atoms with E-state index in [1.807, 2.05) is 30.3 Å². The molecule has 0 aromatic heterocycles. The average molecular weight is 322 g/mol. The topological polar surface area (TPSA) is 52.6 Å². The van der Waals surface area contributed by atoms with Gasteiger partial charge >= 0.3 is 5.97 Å². The zero-order valence-corrected chi connectivity index (χ0v) is 15.3. The first kappa shape index (κ1) is 18.6. The largest absolute Gasteiger partial charge is 0.463 e. The van der Waals surface area contributed by atoms with Crippen LogP contribution in [0.3, 0.4) is 0 Å². The molecule has 0 fully saturated rings. The Hall–Kier alpha value is -1.46. The number of esters is 1. The summed E-state index contributed by atoms with van der Waals surface area (Å²) in [7, 11) is -0.852. The van der Waals surface area contributed by atoms with E-state index in [9.17, 15) is 9.59 Å². The summed E-state index contributed by atoms with van der Waals surface area (Å²) >= 11 is 0. The van der Waals surface area contributed by atoms with Gasteiger partial charge in [-0.05, 0) is 23.7 Å². The van der Waals surface area contributed by atoms with E-state index in [4.69, 9.17) is 4.43 Å². The Balaban J connectivity index is 3.03. The van der Waals surface area contributed by atoms with Crippen LogP contribution in [0.5, 0.6) is 0 Å². The lowest BCUT2D eigenvalue weighted by molar-refractivity contribution is -0.152. The maximum absolute atomic E-state index is 12.0. The van der Waals surface area contributed by atoms with Crippen molar-refractivity contribution in [3.8, 4) is 0 Å². The van der Waals surface area contributed by atoms with E-state index in [1.54, 1.807) is 0 Å². The highest BCUT2D eigenvalue weighted by Crippen LogP contribution is 2.40. The Labute approximate surface area is 134 Å². The molecule has 5 heteroatoms. The van der Waals surface area contributed by atoms with Crippen molar-refractivity contribution in [2.24, 2.45) is 0 Å². The van der Waals surface area contributed by atoms with Crippen LogP contribution < -0.4 is 0 Å². The van der Waals surface area contributed by atoms with E-state index in [2.05, 4.69) is 38.6 Å².